The molecule has 2 amide bonds. The van der Waals surface area contributed by atoms with Crippen molar-refractivity contribution in [2.45, 2.75) is 67.2 Å². The quantitative estimate of drug-likeness (QED) is 0.428. The van der Waals surface area contributed by atoms with E-state index >= 15 is 0 Å². The molecule has 1 saturated heterocycles. The Kier molecular flexibility index (Phi) is 10.7. The zero-order valence-corrected chi connectivity index (χ0v) is 17.7. The maximum absolute atomic E-state index is 11.6. The molecule has 0 aromatic carbocycles. The summed E-state index contributed by atoms with van der Waals surface area (Å²) in [5.74, 6) is -2.41. The zero-order valence-electron chi connectivity index (χ0n) is 15.7. The third-order valence-corrected chi connectivity index (χ3v) is 4.05. The van der Waals surface area contributed by atoms with E-state index in [1.165, 1.54) is 0 Å². The molecule has 0 unspecified atom stereocenters. The van der Waals surface area contributed by atoms with Crippen molar-refractivity contribution in [2.24, 2.45) is 10.8 Å². The Morgan fingerprint density at radius 2 is 1.38 bits per heavy atom. The van der Waals surface area contributed by atoms with E-state index in [2.05, 4.69) is 0 Å². The van der Waals surface area contributed by atoms with Crippen LogP contribution >= 0.6 is 0 Å². The molecule has 0 aromatic heterocycles. The standard InChI is InChI=1S/C10H15NO4.C6H12O2.Na/c1-4-10(2,3)9(14)15-11-7(12)5-6-8(11)13;1-4-6(2,3)5(7)8;/h4-6H2,1-3H3;4H2,1-3H3,(H,7,8);/q;;+1/p-1. The van der Waals surface area contributed by atoms with Gasteiger partial charge in [-0.05, 0) is 26.7 Å². The Morgan fingerprint density at radius 1 is 1.00 bits per heavy atom. The number of imide groups is 1. The first kappa shape index (κ1) is 25.3. The first-order valence-corrected chi connectivity index (χ1v) is 7.68. The van der Waals surface area contributed by atoms with E-state index < -0.39 is 34.6 Å². The minimum absolute atomic E-state index is 0. The number of hydrogen-bond donors (Lipinski definition) is 0. The molecule has 1 aliphatic heterocycles. The van der Waals surface area contributed by atoms with Gasteiger partial charge >= 0.3 is 35.5 Å². The van der Waals surface area contributed by atoms with Crippen LogP contribution in [0.3, 0.4) is 0 Å². The van der Waals surface area contributed by atoms with E-state index in [-0.39, 0.29) is 42.4 Å². The van der Waals surface area contributed by atoms with Gasteiger partial charge in [0.05, 0.1) is 5.41 Å². The van der Waals surface area contributed by atoms with Gasteiger partial charge in [-0.1, -0.05) is 27.7 Å². The number of carboxylic acid groups (broad SMARTS) is 1. The van der Waals surface area contributed by atoms with Gasteiger partial charge in [-0.25, -0.2) is 4.79 Å². The molecule has 8 heteroatoms. The fourth-order valence-corrected chi connectivity index (χ4v) is 1.15. The Balaban J connectivity index is 0. The third kappa shape index (κ3) is 7.32. The van der Waals surface area contributed by atoms with E-state index in [1.54, 1.807) is 27.7 Å². The van der Waals surface area contributed by atoms with Gasteiger partial charge in [0.2, 0.25) is 0 Å². The van der Waals surface area contributed by atoms with Crippen molar-refractivity contribution in [3.8, 4) is 0 Å². The molecule has 0 saturated carbocycles. The van der Waals surface area contributed by atoms with E-state index in [0.29, 0.717) is 17.9 Å². The van der Waals surface area contributed by atoms with Gasteiger partial charge in [0.25, 0.3) is 11.8 Å². The predicted molar refractivity (Wildman–Crippen MR) is 80.3 cm³/mol. The summed E-state index contributed by atoms with van der Waals surface area (Å²) in [6.07, 6.45) is 1.45. The zero-order chi connectivity index (χ0) is 18.4. The Bertz CT molecular complexity index is 471. The van der Waals surface area contributed by atoms with Crippen molar-refractivity contribution >= 4 is 23.8 Å². The molecule has 132 valence electrons. The Labute approximate surface area is 165 Å². The molecule has 7 nitrogen and oxygen atoms in total. The van der Waals surface area contributed by atoms with Crippen LogP contribution in [0, 0.1) is 10.8 Å². The van der Waals surface area contributed by atoms with Crippen molar-refractivity contribution in [1.29, 1.82) is 0 Å². The summed E-state index contributed by atoms with van der Waals surface area (Å²) in [5, 5.41) is 10.7. The maximum atomic E-state index is 11.6. The monoisotopic (exact) mass is 351 g/mol. The van der Waals surface area contributed by atoms with E-state index in [4.69, 9.17) is 4.84 Å². The average Bonchev–Trinajstić information content (AvgIpc) is 2.79. The molecule has 1 rings (SSSR count). The van der Waals surface area contributed by atoms with Gasteiger partial charge in [-0.2, -0.15) is 0 Å². The van der Waals surface area contributed by atoms with Crippen LogP contribution < -0.4 is 34.7 Å². The molecule has 0 atom stereocenters. The number of aliphatic carboxylic acids is 1. The number of hydroxylamine groups is 2. The van der Waals surface area contributed by atoms with Crippen molar-refractivity contribution < 1.29 is 58.7 Å². The predicted octanol–water partition coefficient (Wildman–Crippen LogP) is -1.79. The molecule has 0 radical (unpaired) electrons. The van der Waals surface area contributed by atoms with Gasteiger partial charge in [0.1, 0.15) is 0 Å². The number of hydrogen-bond acceptors (Lipinski definition) is 6. The second-order valence-electron chi connectivity index (χ2n) is 6.72. The van der Waals surface area contributed by atoms with Crippen LogP contribution in [0.15, 0.2) is 0 Å². The van der Waals surface area contributed by atoms with Crippen molar-refractivity contribution in [2.75, 3.05) is 0 Å². The van der Waals surface area contributed by atoms with Crippen molar-refractivity contribution in [3.05, 3.63) is 0 Å². The Morgan fingerprint density at radius 3 is 1.62 bits per heavy atom. The normalized spacial score (nSPS) is 14.5. The SMILES string of the molecule is CCC(C)(C)C(=O)ON1C(=O)CCC1=O.CCC(C)(C)C(=O)[O-].[Na+]. The summed E-state index contributed by atoms with van der Waals surface area (Å²) >= 11 is 0. The smallest absolute Gasteiger partial charge is 0.550 e. The topological polar surface area (TPSA) is 104 Å². The molecule has 1 fully saturated rings. The van der Waals surface area contributed by atoms with Crippen LogP contribution in [0.1, 0.15) is 67.2 Å². The summed E-state index contributed by atoms with van der Waals surface area (Å²) in [4.78, 5) is 48.8. The fraction of sp³-hybridized carbons (Fsp3) is 0.750. The maximum Gasteiger partial charge on any atom is 1.00 e. The average molecular weight is 351 g/mol. The van der Waals surface area contributed by atoms with Crippen molar-refractivity contribution in [3.63, 3.8) is 0 Å². The van der Waals surface area contributed by atoms with Gasteiger partial charge < -0.3 is 14.7 Å². The summed E-state index contributed by atoms with van der Waals surface area (Å²) < 4.78 is 0. The minimum atomic E-state index is -0.972. The van der Waals surface area contributed by atoms with Crippen molar-refractivity contribution in [1.82, 2.24) is 5.06 Å². The van der Waals surface area contributed by atoms with Crippen LogP contribution in [0.5, 0.6) is 0 Å². The van der Waals surface area contributed by atoms with Crippen LogP contribution in [0.4, 0.5) is 0 Å². The molecule has 0 N–H and O–H groups in total. The van der Waals surface area contributed by atoms with E-state index in [9.17, 15) is 24.3 Å². The summed E-state index contributed by atoms with van der Waals surface area (Å²) in [6.45, 7) is 10.4. The largest absolute Gasteiger partial charge is 1.00 e. The van der Waals surface area contributed by atoms with Gasteiger partial charge in [0, 0.05) is 24.2 Å². The van der Waals surface area contributed by atoms with Gasteiger partial charge in [0.15, 0.2) is 0 Å². The second-order valence-corrected chi connectivity index (χ2v) is 6.72. The van der Waals surface area contributed by atoms with Crippen LogP contribution in [-0.4, -0.2) is 28.8 Å². The molecular formula is C16H26NNaO6. The number of carbonyl (C=O) groups excluding carboxylic acids is 4. The van der Waals surface area contributed by atoms with Gasteiger partial charge in [-0.15, -0.1) is 5.06 Å². The number of carboxylic acids is 1. The fourth-order valence-electron chi connectivity index (χ4n) is 1.15. The minimum Gasteiger partial charge on any atom is -0.550 e. The Hall–Kier alpha value is -0.920. The van der Waals surface area contributed by atoms with E-state index in [0.717, 1.165) is 0 Å². The molecule has 24 heavy (non-hydrogen) atoms. The van der Waals surface area contributed by atoms with Gasteiger partial charge in [-0.3, -0.25) is 9.59 Å². The molecule has 0 spiro atoms. The number of amides is 2. The molecule has 0 bridgehead atoms. The summed E-state index contributed by atoms with van der Waals surface area (Å²) in [5.41, 5.74) is -1.33. The first-order valence-electron chi connectivity index (χ1n) is 7.68. The molecule has 1 aliphatic rings. The molecule has 0 aromatic rings. The van der Waals surface area contributed by atoms with E-state index in [1.807, 2.05) is 13.8 Å². The second kappa shape index (κ2) is 10.2. The van der Waals surface area contributed by atoms with Crippen LogP contribution in [0.25, 0.3) is 0 Å². The molecular weight excluding hydrogens is 325 g/mol. The summed E-state index contributed by atoms with van der Waals surface area (Å²) in [6, 6.07) is 0. The number of carbonyl (C=O) groups is 4. The van der Waals surface area contributed by atoms with Crippen LogP contribution in [-0.2, 0) is 24.0 Å². The van der Waals surface area contributed by atoms with Crippen LogP contribution in [0.2, 0.25) is 0 Å². The molecule has 1 heterocycles. The summed E-state index contributed by atoms with van der Waals surface area (Å²) in [7, 11) is 0. The third-order valence-electron chi connectivity index (χ3n) is 4.05. The first-order chi connectivity index (χ1) is 10.4. The molecule has 0 aliphatic carbocycles. The number of nitrogens with zero attached hydrogens (tertiary/aromatic N) is 1. The number of rotatable bonds is 5.